The first-order valence-electron chi connectivity index (χ1n) is 12.2. The Morgan fingerprint density at radius 2 is 1.17 bits per heavy atom. The first-order chi connectivity index (χ1) is 16.1. The molecule has 2 rings (SSSR count). The van der Waals surface area contributed by atoms with Gasteiger partial charge in [0.1, 0.15) is 30.3 Å². The number of hydrogen-bond acceptors (Lipinski definition) is 5. The third-order valence-corrected chi connectivity index (χ3v) is 5.18. The van der Waals surface area contributed by atoms with Crippen LogP contribution < -0.4 is 20.5 Å². The summed E-state index contributed by atoms with van der Waals surface area (Å²) in [6, 6.07) is 19.2. The van der Waals surface area contributed by atoms with E-state index in [0.717, 1.165) is 11.5 Å². The van der Waals surface area contributed by atoms with E-state index >= 15 is 0 Å². The van der Waals surface area contributed by atoms with Crippen LogP contribution in [0.15, 0.2) is 60.7 Å². The number of ether oxygens (including phenoxy) is 3. The molecule has 0 fully saturated rings. The van der Waals surface area contributed by atoms with Crippen molar-refractivity contribution in [1.29, 1.82) is 0 Å². The van der Waals surface area contributed by atoms with E-state index in [1.807, 2.05) is 81.4 Å². The molecule has 2 aromatic rings. The van der Waals surface area contributed by atoms with E-state index in [1.54, 1.807) is 0 Å². The quantitative estimate of drug-likeness (QED) is 0.414. The van der Waals surface area contributed by atoms with Gasteiger partial charge in [-0.2, -0.15) is 0 Å². The predicted octanol–water partition coefficient (Wildman–Crippen LogP) is 6.87. The van der Waals surface area contributed by atoms with Crippen molar-refractivity contribution in [3.63, 3.8) is 0 Å². The number of nitrogens with two attached hydrogens (primary N) is 1. The van der Waals surface area contributed by atoms with Crippen LogP contribution in [0.3, 0.4) is 0 Å². The van der Waals surface area contributed by atoms with Crippen LogP contribution in [0, 0.1) is 10.8 Å². The minimum absolute atomic E-state index is 0. The van der Waals surface area contributed by atoms with Gasteiger partial charge < -0.3 is 25.3 Å². The lowest BCUT2D eigenvalue weighted by atomic mass is 9.87. The highest BCUT2D eigenvalue weighted by Crippen LogP contribution is 2.22. The van der Waals surface area contributed by atoms with Gasteiger partial charge in [-0.15, -0.1) is 12.4 Å². The number of nitrogens with one attached hydrogen (secondary N) is 1. The van der Waals surface area contributed by atoms with Gasteiger partial charge in [-0.1, -0.05) is 77.9 Å². The molecule has 204 valence electrons. The molecule has 0 radical (unpaired) electrons. The maximum atomic E-state index is 11.9. The lowest BCUT2D eigenvalue weighted by Crippen LogP contribution is -2.49. The average Bonchev–Trinajstić information content (AvgIpc) is 2.74. The summed E-state index contributed by atoms with van der Waals surface area (Å²) < 4.78 is 16.6. The highest BCUT2D eigenvalue weighted by Gasteiger charge is 2.29. The number of para-hydroxylation sites is 2. The first-order valence-corrected chi connectivity index (χ1v) is 12.2. The van der Waals surface area contributed by atoms with Crippen LogP contribution in [0.4, 0.5) is 4.79 Å². The standard InChI is InChI=1S/C17H27NO3.C12H19NO.ClH/c1-16(2,3)14(18-15(19)21-17(4,5)6)12-20-13-10-8-7-9-11-13;1-12(2,3)11(13)9-14-10-7-5-4-6-8-10;/h7-11,14H,12H2,1-6H3,(H,18,19);4-8,11H,9,13H2,1-3H3;1H/t14-;11-;/m11./s1. The molecule has 6 nitrogen and oxygen atoms in total. The molecule has 2 atom stereocenters. The Hall–Kier alpha value is -2.44. The average molecular weight is 523 g/mol. The molecule has 1 amide bonds. The second kappa shape index (κ2) is 15.0. The Morgan fingerprint density at radius 1 is 0.750 bits per heavy atom. The molecule has 2 aromatic carbocycles. The second-order valence-corrected chi connectivity index (χ2v) is 11.8. The number of amides is 1. The van der Waals surface area contributed by atoms with E-state index in [0.29, 0.717) is 13.2 Å². The molecule has 7 heteroatoms. The zero-order chi connectivity index (χ0) is 26.7. The molecule has 0 aliphatic rings. The Morgan fingerprint density at radius 3 is 1.53 bits per heavy atom. The summed E-state index contributed by atoms with van der Waals surface area (Å²) in [5.74, 6) is 1.67. The summed E-state index contributed by atoms with van der Waals surface area (Å²) in [7, 11) is 0. The molecule has 0 unspecified atom stereocenters. The van der Waals surface area contributed by atoms with Gasteiger partial charge in [-0.25, -0.2) is 4.79 Å². The van der Waals surface area contributed by atoms with Gasteiger partial charge in [-0.3, -0.25) is 0 Å². The van der Waals surface area contributed by atoms with Crippen LogP contribution >= 0.6 is 12.4 Å². The monoisotopic (exact) mass is 522 g/mol. The summed E-state index contributed by atoms with van der Waals surface area (Å²) in [4.78, 5) is 11.9. The molecular weight excluding hydrogens is 476 g/mol. The van der Waals surface area contributed by atoms with Crippen molar-refractivity contribution in [2.24, 2.45) is 16.6 Å². The summed E-state index contributed by atoms with van der Waals surface area (Å²) in [6.07, 6.45) is -0.418. The third kappa shape index (κ3) is 14.8. The zero-order valence-electron chi connectivity index (χ0n) is 23.5. The molecule has 0 saturated heterocycles. The van der Waals surface area contributed by atoms with Crippen molar-refractivity contribution in [2.45, 2.75) is 80.0 Å². The van der Waals surface area contributed by atoms with Crippen molar-refractivity contribution in [2.75, 3.05) is 13.2 Å². The summed E-state index contributed by atoms with van der Waals surface area (Å²) in [5.41, 5.74) is 5.43. The second-order valence-electron chi connectivity index (χ2n) is 11.8. The SMILES string of the molecule is CC(C)(C)OC(=O)N[C@H](COc1ccccc1)C(C)(C)C.CC(C)(C)[C@H](N)COc1ccccc1.Cl. The Bertz CT molecular complexity index is 857. The lowest BCUT2D eigenvalue weighted by molar-refractivity contribution is 0.0430. The Balaban J connectivity index is 0.000000713. The van der Waals surface area contributed by atoms with Crippen molar-refractivity contribution in [3.05, 3.63) is 60.7 Å². The van der Waals surface area contributed by atoms with Gasteiger partial charge >= 0.3 is 6.09 Å². The number of hydrogen-bond donors (Lipinski definition) is 2. The number of rotatable bonds is 7. The number of carbonyl (C=O) groups is 1. The van der Waals surface area contributed by atoms with Gasteiger partial charge in [0, 0.05) is 6.04 Å². The van der Waals surface area contributed by atoms with Gasteiger partial charge in [0.2, 0.25) is 0 Å². The topological polar surface area (TPSA) is 82.8 Å². The van der Waals surface area contributed by atoms with Crippen molar-refractivity contribution in [1.82, 2.24) is 5.32 Å². The van der Waals surface area contributed by atoms with E-state index in [2.05, 4.69) is 46.9 Å². The van der Waals surface area contributed by atoms with Crippen molar-refractivity contribution in [3.8, 4) is 11.5 Å². The van der Waals surface area contributed by atoms with Crippen LogP contribution in [0.1, 0.15) is 62.3 Å². The molecule has 0 spiro atoms. The summed E-state index contributed by atoms with van der Waals surface area (Å²) >= 11 is 0. The molecule has 0 aliphatic heterocycles. The van der Waals surface area contributed by atoms with E-state index < -0.39 is 11.7 Å². The fourth-order valence-corrected chi connectivity index (χ4v) is 2.61. The fraction of sp³-hybridized carbons (Fsp3) is 0.552. The molecule has 36 heavy (non-hydrogen) atoms. The van der Waals surface area contributed by atoms with Crippen molar-refractivity contribution < 1.29 is 19.0 Å². The highest BCUT2D eigenvalue weighted by molar-refractivity contribution is 5.85. The third-order valence-electron chi connectivity index (χ3n) is 5.18. The van der Waals surface area contributed by atoms with Crippen LogP contribution in [0.5, 0.6) is 11.5 Å². The number of alkyl carbamates (subject to hydrolysis) is 1. The fourth-order valence-electron chi connectivity index (χ4n) is 2.61. The number of halogens is 1. The summed E-state index contributed by atoms with van der Waals surface area (Å²) in [6.45, 7) is 19.0. The van der Waals surface area contributed by atoms with Crippen LogP contribution in [0.2, 0.25) is 0 Å². The van der Waals surface area contributed by atoms with E-state index in [9.17, 15) is 4.79 Å². The summed E-state index contributed by atoms with van der Waals surface area (Å²) in [5, 5.41) is 2.90. The van der Waals surface area contributed by atoms with Gasteiger partial charge in [0.05, 0.1) is 6.04 Å². The smallest absolute Gasteiger partial charge is 0.408 e. The minimum atomic E-state index is -0.507. The first kappa shape index (κ1) is 33.6. The molecule has 0 aromatic heterocycles. The zero-order valence-corrected chi connectivity index (χ0v) is 24.3. The molecule has 0 saturated carbocycles. The van der Waals surface area contributed by atoms with Crippen molar-refractivity contribution >= 4 is 18.5 Å². The van der Waals surface area contributed by atoms with Gasteiger partial charge in [-0.05, 0) is 55.9 Å². The Kier molecular flexibility index (Phi) is 13.9. The van der Waals surface area contributed by atoms with Gasteiger partial charge in [0.25, 0.3) is 0 Å². The van der Waals surface area contributed by atoms with E-state index in [1.165, 1.54) is 0 Å². The van der Waals surface area contributed by atoms with E-state index in [-0.39, 0.29) is 35.3 Å². The predicted molar refractivity (Wildman–Crippen MR) is 151 cm³/mol. The Labute approximate surface area is 224 Å². The highest BCUT2D eigenvalue weighted by atomic mass is 35.5. The molecule has 0 heterocycles. The normalized spacial score (nSPS) is 13.2. The maximum Gasteiger partial charge on any atom is 0.408 e. The molecule has 0 aliphatic carbocycles. The van der Waals surface area contributed by atoms with Gasteiger partial charge in [0.15, 0.2) is 0 Å². The molecule has 3 N–H and O–H groups in total. The lowest BCUT2D eigenvalue weighted by Gasteiger charge is -2.32. The van der Waals surface area contributed by atoms with E-state index in [4.69, 9.17) is 19.9 Å². The molecular formula is C29H47ClN2O4. The van der Waals surface area contributed by atoms with Crippen LogP contribution in [-0.2, 0) is 4.74 Å². The maximum absolute atomic E-state index is 11.9. The molecule has 0 bridgehead atoms. The van der Waals surface area contributed by atoms with Crippen LogP contribution in [-0.4, -0.2) is 37.0 Å². The minimum Gasteiger partial charge on any atom is -0.492 e. The largest absolute Gasteiger partial charge is 0.492 e. The number of benzene rings is 2. The number of carbonyl (C=O) groups excluding carboxylic acids is 1. The van der Waals surface area contributed by atoms with Crippen LogP contribution in [0.25, 0.3) is 0 Å².